The molecule has 1 fully saturated rings. The third-order valence-electron chi connectivity index (χ3n) is 4.31. The standard InChI is InChI=1S/C16H24O3/c1-11-12(2)16(15(9-17)19-13(11)3)18-10-14-7-5-4-6-8-14/h4-8,11-13,15-17H,9-10H2,1-3H3/t11-,12?,13-,15?,16+/m0/s1. The molecule has 2 rings (SSSR count). The lowest BCUT2D eigenvalue weighted by molar-refractivity contribution is -0.195. The van der Waals surface area contributed by atoms with Crippen LogP contribution in [-0.4, -0.2) is 30.0 Å². The molecule has 1 aliphatic heterocycles. The van der Waals surface area contributed by atoms with Gasteiger partial charge in [0.05, 0.1) is 25.4 Å². The summed E-state index contributed by atoms with van der Waals surface area (Å²) < 4.78 is 11.9. The topological polar surface area (TPSA) is 38.7 Å². The van der Waals surface area contributed by atoms with Gasteiger partial charge in [-0.3, -0.25) is 0 Å². The molecule has 0 spiro atoms. The second kappa shape index (κ2) is 6.51. The van der Waals surface area contributed by atoms with Crippen molar-refractivity contribution in [3.63, 3.8) is 0 Å². The summed E-state index contributed by atoms with van der Waals surface area (Å²) in [5, 5.41) is 9.48. The average Bonchev–Trinajstić information content (AvgIpc) is 2.44. The molecule has 1 aromatic rings. The first-order valence-electron chi connectivity index (χ1n) is 7.05. The van der Waals surface area contributed by atoms with Gasteiger partial charge >= 0.3 is 0 Å². The molecule has 106 valence electrons. The van der Waals surface area contributed by atoms with Crippen molar-refractivity contribution in [2.24, 2.45) is 11.8 Å². The van der Waals surface area contributed by atoms with Crippen LogP contribution in [0.15, 0.2) is 30.3 Å². The minimum Gasteiger partial charge on any atom is -0.394 e. The predicted octanol–water partition coefficient (Wildman–Crippen LogP) is 2.62. The van der Waals surface area contributed by atoms with Gasteiger partial charge in [-0.25, -0.2) is 0 Å². The van der Waals surface area contributed by atoms with Crippen molar-refractivity contribution < 1.29 is 14.6 Å². The molecule has 1 N–H and O–H groups in total. The van der Waals surface area contributed by atoms with Gasteiger partial charge in [-0.05, 0) is 24.3 Å². The first-order chi connectivity index (χ1) is 9.13. The molecule has 3 heteroatoms. The molecule has 0 bridgehead atoms. The monoisotopic (exact) mass is 264 g/mol. The van der Waals surface area contributed by atoms with Gasteiger partial charge in [0.15, 0.2) is 0 Å². The molecule has 1 aliphatic rings. The van der Waals surface area contributed by atoms with Crippen molar-refractivity contribution in [1.82, 2.24) is 0 Å². The molecular formula is C16H24O3. The molecule has 0 saturated carbocycles. The largest absolute Gasteiger partial charge is 0.394 e. The highest BCUT2D eigenvalue weighted by atomic mass is 16.6. The smallest absolute Gasteiger partial charge is 0.107 e. The normalized spacial score (nSPS) is 35.3. The Morgan fingerprint density at radius 1 is 1.11 bits per heavy atom. The number of hydrogen-bond donors (Lipinski definition) is 1. The highest BCUT2D eigenvalue weighted by Crippen LogP contribution is 2.32. The Bertz CT molecular complexity index is 377. The van der Waals surface area contributed by atoms with Gasteiger partial charge in [0.2, 0.25) is 0 Å². The summed E-state index contributed by atoms with van der Waals surface area (Å²) in [5.41, 5.74) is 1.15. The SMILES string of the molecule is CC1[C@@H](OCc2ccccc2)C(CO)O[C@@H](C)[C@H]1C. The van der Waals surface area contributed by atoms with Crippen LogP contribution in [-0.2, 0) is 16.1 Å². The van der Waals surface area contributed by atoms with Crippen molar-refractivity contribution in [3.8, 4) is 0 Å². The van der Waals surface area contributed by atoms with E-state index in [1.54, 1.807) is 0 Å². The first kappa shape index (κ1) is 14.5. The van der Waals surface area contributed by atoms with Gasteiger partial charge in [-0.15, -0.1) is 0 Å². The highest BCUT2D eigenvalue weighted by molar-refractivity contribution is 5.13. The number of aliphatic hydroxyl groups is 1. The van der Waals surface area contributed by atoms with E-state index < -0.39 is 0 Å². The van der Waals surface area contributed by atoms with Crippen molar-refractivity contribution >= 4 is 0 Å². The molecule has 0 aliphatic carbocycles. The molecule has 0 amide bonds. The van der Waals surface area contributed by atoms with Gasteiger partial charge in [0.1, 0.15) is 6.10 Å². The Morgan fingerprint density at radius 2 is 1.79 bits per heavy atom. The van der Waals surface area contributed by atoms with E-state index in [-0.39, 0.29) is 24.9 Å². The van der Waals surface area contributed by atoms with Gasteiger partial charge < -0.3 is 14.6 Å². The van der Waals surface area contributed by atoms with Crippen LogP contribution in [0, 0.1) is 11.8 Å². The molecule has 1 aromatic carbocycles. The molecule has 0 radical (unpaired) electrons. The maximum atomic E-state index is 9.48. The van der Waals surface area contributed by atoms with E-state index in [1.165, 1.54) is 0 Å². The molecule has 2 unspecified atom stereocenters. The van der Waals surface area contributed by atoms with Gasteiger partial charge in [-0.1, -0.05) is 44.2 Å². The van der Waals surface area contributed by atoms with Crippen LogP contribution in [0.4, 0.5) is 0 Å². The highest BCUT2D eigenvalue weighted by Gasteiger charge is 2.39. The molecular weight excluding hydrogens is 240 g/mol. The van der Waals surface area contributed by atoms with Gasteiger partial charge in [0, 0.05) is 0 Å². The van der Waals surface area contributed by atoms with Crippen LogP contribution in [0.2, 0.25) is 0 Å². The Morgan fingerprint density at radius 3 is 2.42 bits per heavy atom. The van der Waals surface area contributed by atoms with Gasteiger partial charge in [0.25, 0.3) is 0 Å². The lowest BCUT2D eigenvalue weighted by Gasteiger charge is -2.43. The summed E-state index contributed by atoms with van der Waals surface area (Å²) in [6.45, 7) is 7.01. The van der Waals surface area contributed by atoms with E-state index in [4.69, 9.17) is 9.47 Å². The second-order valence-electron chi connectivity index (χ2n) is 5.54. The zero-order valence-corrected chi connectivity index (χ0v) is 12.0. The van der Waals surface area contributed by atoms with Crippen molar-refractivity contribution in [1.29, 1.82) is 0 Å². The number of hydrogen-bond acceptors (Lipinski definition) is 3. The Labute approximate surface area is 115 Å². The molecule has 3 nitrogen and oxygen atoms in total. The van der Waals surface area contributed by atoms with E-state index in [2.05, 4.69) is 20.8 Å². The third-order valence-corrected chi connectivity index (χ3v) is 4.31. The van der Waals surface area contributed by atoms with Crippen LogP contribution >= 0.6 is 0 Å². The lowest BCUT2D eigenvalue weighted by Crippen LogP contribution is -2.50. The summed E-state index contributed by atoms with van der Waals surface area (Å²) in [7, 11) is 0. The summed E-state index contributed by atoms with van der Waals surface area (Å²) in [6.07, 6.45) is -0.0926. The summed E-state index contributed by atoms with van der Waals surface area (Å²) in [5.74, 6) is 0.813. The fourth-order valence-electron chi connectivity index (χ4n) is 2.72. The van der Waals surface area contributed by atoms with Crippen LogP contribution in [0.5, 0.6) is 0 Å². The van der Waals surface area contributed by atoms with E-state index >= 15 is 0 Å². The minimum atomic E-state index is -0.218. The fourth-order valence-corrected chi connectivity index (χ4v) is 2.72. The summed E-state index contributed by atoms with van der Waals surface area (Å²) in [4.78, 5) is 0. The lowest BCUT2D eigenvalue weighted by atomic mass is 9.82. The summed E-state index contributed by atoms with van der Waals surface area (Å²) >= 11 is 0. The second-order valence-corrected chi connectivity index (χ2v) is 5.54. The van der Waals surface area contributed by atoms with Crippen molar-refractivity contribution in [2.75, 3.05) is 6.61 Å². The zero-order valence-electron chi connectivity index (χ0n) is 12.0. The fraction of sp³-hybridized carbons (Fsp3) is 0.625. The molecule has 0 aromatic heterocycles. The van der Waals surface area contributed by atoms with E-state index in [9.17, 15) is 5.11 Å². The minimum absolute atomic E-state index is 0.0147. The van der Waals surface area contributed by atoms with Crippen molar-refractivity contribution in [2.45, 2.75) is 45.7 Å². The van der Waals surface area contributed by atoms with Crippen LogP contribution < -0.4 is 0 Å². The molecule has 1 saturated heterocycles. The van der Waals surface area contributed by atoms with E-state index in [0.29, 0.717) is 18.4 Å². The first-order valence-corrected chi connectivity index (χ1v) is 7.05. The third kappa shape index (κ3) is 3.35. The van der Waals surface area contributed by atoms with Gasteiger partial charge in [-0.2, -0.15) is 0 Å². The maximum absolute atomic E-state index is 9.48. The number of ether oxygens (including phenoxy) is 2. The quantitative estimate of drug-likeness (QED) is 0.908. The number of aliphatic hydroxyl groups excluding tert-OH is 1. The summed E-state index contributed by atoms with van der Waals surface area (Å²) in [6, 6.07) is 10.1. The van der Waals surface area contributed by atoms with Crippen LogP contribution in [0.25, 0.3) is 0 Å². The number of benzene rings is 1. The maximum Gasteiger partial charge on any atom is 0.107 e. The van der Waals surface area contributed by atoms with Crippen molar-refractivity contribution in [3.05, 3.63) is 35.9 Å². The van der Waals surface area contributed by atoms with E-state index in [0.717, 1.165) is 5.56 Å². The molecule has 19 heavy (non-hydrogen) atoms. The zero-order chi connectivity index (χ0) is 13.8. The Kier molecular flexibility index (Phi) is 4.97. The predicted molar refractivity (Wildman–Crippen MR) is 74.8 cm³/mol. The Hall–Kier alpha value is -0.900. The number of rotatable bonds is 4. The van der Waals surface area contributed by atoms with Crippen LogP contribution in [0.1, 0.15) is 26.3 Å². The molecule has 5 atom stereocenters. The Balaban J connectivity index is 2.00. The molecule has 1 heterocycles. The van der Waals surface area contributed by atoms with E-state index in [1.807, 2.05) is 30.3 Å². The average molecular weight is 264 g/mol. The van der Waals surface area contributed by atoms with Crippen LogP contribution in [0.3, 0.4) is 0 Å².